The van der Waals surface area contributed by atoms with E-state index in [0.717, 1.165) is 23.6 Å². The van der Waals surface area contributed by atoms with Crippen molar-refractivity contribution in [2.24, 2.45) is 0 Å². The van der Waals surface area contributed by atoms with Crippen LogP contribution in [0.1, 0.15) is 0 Å². The fraction of sp³-hybridized carbons (Fsp3) is 0.278. The summed E-state index contributed by atoms with van der Waals surface area (Å²) in [5.41, 5.74) is 0.706. The number of fused-ring (bicyclic) bond motifs is 1. The minimum absolute atomic E-state index is 0.220. The number of benzene rings is 1. The first-order valence-corrected chi connectivity index (χ1v) is 8.62. The Labute approximate surface area is 154 Å². The number of amides is 1. The van der Waals surface area contributed by atoms with E-state index in [2.05, 4.69) is 25.5 Å². The summed E-state index contributed by atoms with van der Waals surface area (Å²) in [6.07, 6.45) is 1.59. The lowest BCUT2D eigenvalue weighted by atomic mass is 10.2. The van der Waals surface area contributed by atoms with E-state index in [1.165, 1.54) is 0 Å². The van der Waals surface area contributed by atoms with Crippen molar-refractivity contribution in [3.8, 4) is 0 Å². The van der Waals surface area contributed by atoms with Gasteiger partial charge in [-0.25, -0.2) is 9.67 Å². The van der Waals surface area contributed by atoms with Crippen LogP contribution in [0.25, 0.3) is 10.9 Å². The Balaban J connectivity index is 1.43. The van der Waals surface area contributed by atoms with Crippen molar-refractivity contribution in [2.45, 2.75) is 6.54 Å². The van der Waals surface area contributed by atoms with E-state index in [-0.39, 0.29) is 18.0 Å². The molecule has 0 radical (unpaired) electrons. The Morgan fingerprint density at radius 3 is 2.74 bits per heavy atom. The van der Waals surface area contributed by atoms with Crippen LogP contribution in [-0.2, 0) is 16.1 Å². The predicted octanol–water partition coefficient (Wildman–Crippen LogP) is 0.662. The summed E-state index contributed by atoms with van der Waals surface area (Å²) in [4.78, 5) is 31.2. The van der Waals surface area contributed by atoms with Crippen LogP contribution in [0.3, 0.4) is 0 Å². The summed E-state index contributed by atoms with van der Waals surface area (Å²) in [6, 6.07) is 10.5. The van der Waals surface area contributed by atoms with Crippen molar-refractivity contribution in [1.82, 2.24) is 20.0 Å². The minimum Gasteiger partial charge on any atom is -0.378 e. The SMILES string of the molecule is O=C(Cn1nnc2ccccc2c1=O)Nc1ccc(N2CCOCC2)nc1. The molecule has 3 aromatic rings. The maximum Gasteiger partial charge on any atom is 0.278 e. The Morgan fingerprint density at radius 2 is 1.96 bits per heavy atom. The van der Waals surface area contributed by atoms with Crippen LogP contribution >= 0.6 is 0 Å². The molecular formula is C18H18N6O3. The molecule has 27 heavy (non-hydrogen) atoms. The first-order chi connectivity index (χ1) is 13.2. The monoisotopic (exact) mass is 366 g/mol. The molecule has 9 heteroatoms. The quantitative estimate of drug-likeness (QED) is 0.724. The fourth-order valence-electron chi connectivity index (χ4n) is 2.90. The molecule has 0 aliphatic carbocycles. The molecule has 1 saturated heterocycles. The van der Waals surface area contributed by atoms with Crippen molar-refractivity contribution in [2.75, 3.05) is 36.5 Å². The van der Waals surface area contributed by atoms with Gasteiger partial charge in [-0.3, -0.25) is 9.59 Å². The van der Waals surface area contributed by atoms with Crippen LogP contribution < -0.4 is 15.8 Å². The number of aromatic nitrogens is 4. The molecule has 0 spiro atoms. The molecule has 0 atom stereocenters. The van der Waals surface area contributed by atoms with E-state index in [1.807, 2.05) is 6.07 Å². The third-order valence-corrected chi connectivity index (χ3v) is 4.29. The maximum absolute atomic E-state index is 12.4. The highest BCUT2D eigenvalue weighted by Crippen LogP contribution is 2.15. The fourth-order valence-corrected chi connectivity index (χ4v) is 2.90. The zero-order valence-corrected chi connectivity index (χ0v) is 14.5. The van der Waals surface area contributed by atoms with Gasteiger partial charge in [0.25, 0.3) is 5.56 Å². The van der Waals surface area contributed by atoms with Gasteiger partial charge >= 0.3 is 0 Å². The van der Waals surface area contributed by atoms with Crippen molar-refractivity contribution in [3.63, 3.8) is 0 Å². The number of hydrogen-bond acceptors (Lipinski definition) is 7. The number of pyridine rings is 1. The zero-order chi connectivity index (χ0) is 18.6. The first kappa shape index (κ1) is 17.1. The average Bonchev–Trinajstić information content (AvgIpc) is 2.71. The molecule has 1 fully saturated rings. The van der Waals surface area contributed by atoms with Crippen LogP contribution in [-0.4, -0.2) is 52.2 Å². The summed E-state index contributed by atoms with van der Waals surface area (Å²) in [5.74, 6) is 0.468. The Morgan fingerprint density at radius 1 is 1.15 bits per heavy atom. The number of hydrogen-bond donors (Lipinski definition) is 1. The summed E-state index contributed by atoms with van der Waals surface area (Å²) in [5, 5.41) is 10.9. The molecule has 0 saturated carbocycles. The second kappa shape index (κ2) is 7.50. The van der Waals surface area contributed by atoms with Gasteiger partial charge in [-0.15, -0.1) is 5.10 Å². The second-order valence-electron chi connectivity index (χ2n) is 6.12. The van der Waals surface area contributed by atoms with Crippen molar-refractivity contribution < 1.29 is 9.53 Å². The van der Waals surface area contributed by atoms with Gasteiger partial charge in [0.1, 0.15) is 17.9 Å². The molecule has 2 aromatic heterocycles. The lowest BCUT2D eigenvalue weighted by molar-refractivity contribution is -0.117. The van der Waals surface area contributed by atoms with Crippen LogP contribution in [0, 0.1) is 0 Å². The highest BCUT2D eigenvalue weighted by molar-refractivity contribution is 5.90. The average molecular weight is 366 g/mol. The number of nitrogens with one attached hydrogen (secondary N) is 1. The molecule has 1 aliphatic rings. The van der Waals surface area contributed by atoms with Gasteiger partial charge in [-0.2, -0.15) is 0 Å². The zero-order valence-electron chi connectivity index (χ0n) is 14.5. The van der Waals surface area contributed by atoms with Crippen LogP contribution in [0.15, 0.2) is 47.4 Å². The van der Waals surface area contributed by atoms with Gasteiger partial charge in [-0.05, 0) is 24.3 Å². The molecule has 1 aromatic carbocycles. The van der Waals surface area contributed by atoms with Gasteiger partial charge < -0.3 is 15.0 Å². The van der Waals surface area contributed by atoms with E-state index in [0.29, 0.717) is 29.8 Å². The van der Waals surface area contributed by atoms with Crippen molar-refractivity contribution in [1.29, 1.82) is 0 Å². The molecule has 0 unspecified atom stereocenters. The summed E-state index contributed by atoms with van der Waals surface area (Å²) >= 11 is 0. The number of carbonyl (C=O) groups is 1. The van der Waals surface area contributed by atoms with Crippen molar-refractivity contribution >= 4 is 28.3 Å². The highest BCUT2D eigenvalue weighted by atomic mass is 16.5. The molecule has 3 heterocycles. The summed E-state index contributed by atoms with van der Waals surface area (Å²) in [6.45, 7) is 2.73. The molecule has 9 nitrogen and oxygen atoms in total. The lowest BCUT2D eigenvalue weighted by Gasteiger charge is -2.27. The Bertz CT molecular complexity index is 1010. The molecule has 0 bridgehead atoms. The number of morpholine rings is 1. The normalized spacial score (nSPS) is 14.3. The number of nitrogens with zero attached hydrogens (tertiary/aromatic N) is 5. The lowest BCUT2D eigenvalue weighted by Crippen LogP contribution is -2.36. The van der Waals surface area contributed by atoms with E-state index in [4.69, 9.17) is 4.74 Å². The maximum atomic E-state index is 12.4. The van der Waals surface area contributed by atoms with Gasteiger partial charge in [-0.1, -0.05) is 17.3 Å². The summed E-state index contributed by atoms with van der Waals surface area (Å²) < 4.78 is 6.37. The van der Waals surface area contributed by atoms with Crippen LogP contribution in [0.5, 0.6) is 0 Å². The smallest absolute Gasteiger partial charge is 0.278 e. The second-order valence-corrected chi connectivity index (χ2v) is 6.12. The first-order valence-electron chi connectivity index (χ1n) is 8.62. The number of anilines is 2. The van der Waals surface area contributed by atoms with Gasteiger partial charge in [0.05, 0.1) is 30.5 Å². The topological polar surface area (TPSA) is 102 Å². The van der Waals surface area contributed by atoms with Crippen LogP contribution in [0.2, 0.25) is 0 Å². The molecule has 4 rings (SSSR count). The highest BCUT2D eigenvalue weighted by Gasteiger charge is 2.13. The standard InChI is InChI=1S/C18H18N6O3/c25-17(12-24-18(26)14-3-1-2-4-15(14)21-22-24)20-13-5-6-16(19-11-13)23-7-9-27-10-8-23/h1-6,11H,7-10,12H2,(H,20,25). The number of rotatable bonds is 4. The largest absolute Gasteiger partial charge is 0.378 e. The molecule has 1 amide bonds. The Hall–Kier alpha value is -3.33. The molecule has 1 aliphatic heterocycles. The van der Waals surface area contributed by atoms with E-state index in [1.54, 1.807) is 36.5 Å². The van der Waals surface area contributed by atoms with E-state index < -0.39 is 0 Å². The van der Waals surface area contributed by atoms with Gasteiger partial charge in [0, 0.05) is 13.1 Å². The summed E-state index contributed by atoms with van der Waals surface area (Å²) in [7, 11) is 0. The number of ether oxygens (including phenoxy) is 1. The third kappa shape index (κ3) is 3.77. The molecule has 138 valence electrons. The van der Waals surface area contributed by atoms with E-state index in [9.17, 15) is 9.59 Å². The van der Waals surface area contributed by atoms with Crippen molar-refractivity contribution in [3.05, 3.63) is 52.9 Å². The predicted molar refractivity (Wildman–Crippen MR) is 99.7 cm³/mol. The van der Waals surface area contributed by atoms with Gasteiger partial charge in [0.15, 0.2) is 0 Å². The number of carbonyl (C=O) groups excluding carboxylic acids is 1. The third-order valence-electron chi connectivity index (χ3n) is 4.29. The van der Waals surface area contributed by atoms with Crippen LogP contribution in [0.4, 0.5) is 11.5 Å². The molecule has 1 N–H and O–H groups in total. The van der Waals surface area contributed by atoms with Gasteiger partial charge in [0.2, 0.25) is 5.91 Å². The molecular weight excluding hydrogens is 348 g/mol. The van der Waals surface area contributed by atoms with E-state index >= 15 is 0 Å². The Kier molecular flexibility index (Phi) is 4.75. The minimum atomic E-state index is -0.373.